The first-order valence-corrected chi connectivity index (χ1v) is 12.8. The van der Waals surface area contributed by atoms with Crippen LogP contribution >= 0.6 is 0 Å². The molecule has 0 saturated carbocycles. The van der Waals surface area contributed by atoms with Gasteiger partial charge in [0.1, 0.15) is 45.2 Å². The van der Waals surface area contributed by atoms with Crippen molar-refractivity contribution in [1.29, 1.82) is 0 Å². The Morgan fingerprint density at radius 2 is 1.71 bits per heavy atom. The van der Waals surface area contributed by atoms with E-state index in [1.807, 2.05) is 30.3 Å². The Bertz CT molecular complexity index is 1460. The van der Waals surface area contributed by atoms with Crippen molar-refractivity contribution in [3.05, 3.63) is 48.3 Å². The van der Waals surface area contributed by atoms with Crippen LogP contribution in [0.3, 0.4) is 0 Å². The largest absolute Gasteiger partial charge is 0.487 e. The van der Waals surface area contributed by atoms with Crippen molar-refractivity contribution in [2.45, 2.75) is 6.92 Å². The molecule has 0 aliphatic heterocycles. The number of nitrogens with zero attached hydrogens (tertiary/aromatic N) is 2. The quantitative estimate of drug-likeness (QED) is 0.170. The zero-order valence-electron chi connectivity index (χ0n) is 23.0. The molecule has 0 bridgehead atoms. The Kier molecular flexibility index (Phi) is 13.3. The summed E-state index contributed by atoms with van der Waals surface area (Å²) in [6.07, 6.45) is 7.01. The highest BCUT2D eigenvalue weighted by atomic mass is 16.6. The topological polar surface area (TPSA) is 110 Å². The van der Waals surface area contributed by atoms with Crippen LogP contribution in [0.4, 0.5) is 11.5 Å². The Morgan fingerprint density at radius 3 is 2.46 bits per heavy atom. The highest BCUT2D eigenvalue weighted by Gasteiger charge is 2.13. The number of hydrogen-bond acceptors (Lipinski definition) is 10. The number of benzene rings is 2. The number of ether oxygens (including phenoxy) is 6. The van der Waals surface area contributed by atoms with Gasteiger partial charge in [0.15, 0.2) is 11.5 Å². The third-order valence-electron chi connectivity index (χ3n) is 5.14. The molecule has 10 nitrogen and oxygen atoms in total. The van der Waals surface area contributed by atoms with Gasteiger partial charge in [0.25, 0.3) is 0 Å². The molecule has 0 saturated heterocycles. The number of fused-ring (bicyclic) bond motifs is 1. The molecule has 1 heterocycles. The summed E-state index contributed by atoms with van der Waals surface area (Å²) < 4.78 is 32.3. The normalized spacial score (nSPS) is 9.98. The first-order chi connectivity index (χ1) is 20.1. The van der Waals surface area contributed by atoms with Gasteiger partial charge in [0.2, 0.25) is 0 Å². The number of rotatable bonds is 15. The highest BCUT2D eigenvalue weighted by Crippen LogP contribution is 2.35. The van der Waals surface area contributed by atoms with Gasteiger partial charge in [-0.3, -0.25) is 0 Å². The van der Waals surface area contributed by atoms with Gasteiger partial charge in [0.05, 0.1) is 25.3 Å². The van der Waals surface area contributed by atoms with Crippen LogP contribution in [0.25, 0.3) is 10.9 Å². The maximum atomic E-state index is 11.2. The molecule has 3 rings (SSSR count). The van der Waals surface area contributed by atoms with Crippen molar-refractivity contribution < 1.29 is 33.2 Å². The predicted molar refractivity (Wildman–Crippen MR) is 154 cm³/mol. The van der Waals surface area contributed by atoms with E-state index < -0.39 is 5.97 Å². The number of carbonyl (C=O) groups excluding carboxylic acids is 1. The van der Waals surface area contributed by atoms with Crippen LogP contribution in [-0.4, -0.2) is 75.9 Å². The Morgan fingerprint density at radius 1 is 0.951 bits per heavy atom. The molecule has 10 heteroatoms. The van der Waals surface area contributed by atoms with E-state index in [1.54, 1.807) is 20.1 Å². The minimum absolute atomic E-state index is 0.0856. The fourth-order valence-electron chi connectivity index (χ4n) is 3.33. The van der Waals surface area contributed by atoms with Gasteiger partial charge in [0, 0.05) is 29.8 Å². The van der Waals surface area contributed by atoms with E-state index in [1.165, 1.54) is 6.33 Å². The highest BCUT2D eigenvalue weighted by molar-refractivity contribution is 5.93. The lowest BCUT2D eigenvalue weighted by atomic mass is 10.2. The summed E-state index contributed by atoms with van der Waals surface area (Å²) in [5.74, 6) is 14.6. The van der Waals surface area contributed by atoms with Crippen LogP contribution in [-0.2, 0) is 23.7 Å². The van der Waals surface area contributed by atoms with Crippen molar-refractivity contribution in [2.24, 2.45) is 0 Å². The van der Waals surface area contributed by atoms with Gasteiger partial charge in [-0.1, -0.05) is 23.8 Å². The smallest absolute Gasteiger partial charge is 0.332 e. The van der Waals surface area contributed by atoms with E-state index in [4.69, 9.17) is 34.8 Å². The number of anilines is 2. The molecule has 0 radical (unpaired) electrons. The van der Waals surface area contributed by atoms with E-state index in [0.717, 1.165) is 16.6 Å². The molecule has 3 aromatic rings. The summed E-state index contributed by atoms with van der Waals surface area (Å²) in [4.78, 5) is 20.0. The molecule has 0 atom stereocenters. The zero-order chi connectivity index (χ0) is 29.1. The average Bonchev–Trinajstić information content (AvgIpc) is 2.98. The molecule has 0 aliphatic rings. The summed E-state index contributed by atoms with van der Waals surface area (Å²) in [5, 5.41) is 4.04. The fraction of sp³-hybridized carbons (Fsp3) is 0.323. The van der Waals surface area contributed by atoms with Crippen LogP contribution in [0, 0.1) is 36.0 Å². The predicted octanol–water partition coefficient (Wildman–Crippen LogP) is 3.36. The van der Waals surface area contributed by atoms with Crippen molar-refractivity contribution in [3.63, 3.8) is 0 Å². The number of carbonyl (C=O) groups is 1. The van der Waals surface area contributed by atoms with Crippen molar-refractivity contribution in [3.8, 4) is 47.5 Å². The molecule has 0 unspecified atom stereocenters. The van der Waals surface area contributed by atoms with Gasteiger partial charge in [-0.15, -0.1) is 6.42 Å². The molecular formula is C31H31N3O7. The Hall–Kier alpha value is -4.79. The van der Waals surface area contributed by atoms with Crippen LogP contribution in [0.15, 0.2) is 42.7 Å². The second-order valence-electron chi connectivity index (χ2n) is 8.03. The zero-order valence-corrected chi connectivity index (χ0v) is 23.0. The summed E-state index contributed by atoms with van der Waals surface area (Å²) in [6, 6.07) is 11.1. The van der Waals surface area contributed by atoms with Gasteiger partial charge in [-0.25, -0.2) is 14.8 Å². The van der Waals surface area contributed by atoms with Crippen LogP contribution in [0.2, 0.25) is 0 Å². The van der Waals surface area contributed by atoms with Crippen molar-refractivity contribution in [2.75, 3.05) is 65.3 Å². The van der Waals surface area contributed by atoms with E-state index >= 15 is 0 Å². The lowest BCUT2D eigenvalue weighted by Gasteiger charge is -2.15. The number of nitrogens with one attached hydrogen (secondary N) is 1. The third kappa shape index (κ3) is 10.7. The lowest BCUT2D eigenvalue weighted by molar-refractivity contribution is -0.147. The summed E-state index contributed by atoms with van der Waals surface area (Å²) in [6.45, 7) is 3.46. The van der Waals surface area contributed by atoms with Gasteiger partial charge < -0.3 is 33.7 Å². The number of hydrogen-bond donors (Lipinski definition) is 1. The molecule has 212 valence electrons. The summed E-state index contributed by atoms with van der Waals surface area (Å²) in [5.41, 5.74) is 2.23. The first kappa shape index (κ1) is 30.7. The lowest BCUT2D eigenvalue weighted by Crippen LogP contribution is -2.12. The maximum Gasteiger partial charge on any atom is 0.332 e. The molecular weight excluding hydrogens is 526 g/mol. The number of methoxy groups -OCH3 is 1. The van der Waals surface area contributed by atoms with Crippen LogP contribution in [0.1, 0.15) is 12.5 Å². The van der Waals surface area contributed by atoms with Gasteiger partial charge in [-0.05, 0) is 43.0 Å². The molecule has 0 spiro atoms. The number of aromatic nitrogens is 2. The Labute approximate surface area is 239 Å². The van der Waals surface area contributed by atoms with Gasteiger partial charge in [-0.2, -0.15) is 0 Å². The van der Waals surface area contributed by atoms with Crippen LogP contribution < -0.4 is 14.8 Å². The maximum absolute atomic E-state index is 11.2. The SMILES string of the molecule is C#Cc1cccc(Nc2ncnc3cc(OCCOC)c(OCCOCC#CC#CCOCC(=O)OCC)cc23)c1. The van der Waals surface area contributed by atoms with E-state index in [0.29, 0.717) is 42.7 Å². The van der Waals surface area contributed by atoms with Gasteiger partial charge >= 0.3 is 5.97 Å². The number of esters is 1. The molecule has 1 aromatic heterocycles. The van der Waals surface area contributed by atoms with Crippen molar-refractivity contribution >= 4 is 28.4 Å². The molecule has 1 N–H and O–H groups in total. The standard InChI is InChI=1S/C31H31N3O7/c1-4-24-11-10-12-25(19-24)34-31-26-20-28(29(40-17-15-36-3)21-27(26)32-23-33-31)41-18-16-37-13-8-6-7-9-14-38-22-30(35)39-5-2/h1,10-12,19-21,23H,5,13-18,22H2,2-3H3,(H,32,33,34). The third-order valence-corrected chi connectivity index (χ3v) is 5.14. The minimum Gasteiger partial charge on any atom is -0.487 e. The van der Waals surface area contributed by atoms with E-state index in [9.17, 15) is 4.79 Å². The summed E-state index contributed by atoms with van der Waals surface area (Å²) in [7, 11) is 1.60. The van der Waals surface area contributed by atoms with E-state index in [-0.39, 0.29) is 33.0 Å². The second-order valence-corrected chi connectivity index (χ2v) is 8.03. The van der Waals surface area contributed by atoms with Crippen molar-refractivity contribution in [1.82, 2.24) is 9.97 Å². The number of terminal acetylenes is 1. The second kappa shape index (κ2) is 17.7. The Balaban J connectivity index is 1.58. The average molecular weight is 558 g/mol. The first-order valence-electron chi connectivity index (χ1n) is 12.8. The molecule has 0 fully saturated rings. The minimum atomic E-state index is -0.426. The monoisotopic (exact) mass is 557 g/mol. The molecule has 0 amide bonds. The van der Waals surface area contributed by atoms with Crippen LogP contribution in [0.5, 0.6) is 11.5 Å². The fourth-order valence-corrected chi connectivity index (χ4v) is 3.33. The van der Waals surface area contributed by atoms with E-state index in [2.05, 4.69) is 44.9 Å². The molecule has 0 aliphatic carbocycles. The summed E-state index contributed by atoms with van der Waals surface area (Å²) >= 11 is 0. The molecule has 2 aromatic carbocycles. The molecule has 41 heavy (non-hydrogen) atoms.